The number of anilines is 6. The number of nitrogens with zero attached hydrogens (tertiary/aromatic N) is 4. The lowest BCUT2D eigenvalue weighted by molar-refractivity contribution is 0.477. The minimum absolute atomic E-state index is 0.164. The first-order valence-corrected chi connectivity index (χ1v) is 19.7. The van der Waals surface area contributed by atoms with Gasteiger partial charge in [0.05, 0.1) is 34.1 Å². The van der Waals surface area contributed by atoms with Crippen LogP contribution in [0.25, 0.3) is 55.2 Å². The number of phenolic OH excluding ortho intramolecular Hbond substituents is 1. The largest absolute Gasteiger partial charge is 0.507 e. The number of phenols is 1. The summed E-state index contributed by atoms with van der Waals surface area (Å²) in [6, 6.07) is 74.9. The molecule has 0 unspecified atom stereocenters. The van der Waals surface area contributed by atoms with Crippen molar-refractivity contribution < 1.29 is 5.11 Å². The fourth-order valence-electron chi connectivity index (χ4n) is 8.05. The Hall–Kier alpha value is -8.02. The second-order valence-electron chi connectivity index (χ2n) is 14.4. The first-order valence-electron chi connectivity index (χ1n) is 19.7. The van der Waals surface area contributed by atoms with Crippen LogP contribution in [0.5, 0.6) is 5.75 Å². The van der Waals surface area contributed by atoms with Crippen LogP contribution in [0.2, 0.25) is 0 Å². The normalized spacial score (nSPS) is 11.1. The Balaban J connectivity index is 1.21. The van der Waals surface area contributed by atoms with E-state index >= 15 is 0 Å². The maximum Gasteiger partial charge on any atom is 0.137 e. The van der Waals surface area contributed by atoms with Gasteiger partial charge in [-0.25, -0.2) is 9.97 Å². The van der Waals surface area contributed by atoms with Gasteiger partial charge in [-0.05, 0) is 83.1 Å². The highest BCUT2D eigenvalue weighted by molar-refractivity contribution is 6.05. The van der Waals surface area contributed by atoms with E-state index in [4.69, 9.17) is 9.97 Å². The third-order valence-electron chi connectivity index (χ3n) is 10.8. The lowest BCUT2D eigenvalue weighted by atomic mass is 10.0. The molecule has 280 valence electrons. The minimum Gasteiger partial charge on any atom is -0.507 e. The smallest absolute Gasteiger partial charge is 0.137 e. The number of rotatable bonds is 9. The van der Waals surface area contributed by atoms with Crippen molar-refractivity contribution in [3.05, 3.63) is 225 Å². The number of aromatic hydroxyl groups is 1. The number of benzene rings is 8. The Morgan fingerprint density at radius 2 is 0.932 bits per heavy atom. The zero-order valence-electron chi connectivity index (χ0n) is 32.1. The zero-order valence-corrected chi connectivity index (χ0v) is 32.1. The Bertz CT molecular complexity index is 3000. The van der Waals surface area contributed by atoms with E-state index in [0.717, 1.165) is 78.2 Å². The maximum atomic E-state index is 11.3. The molecule has 2 heterocycles. The van der Waals surface area contributed by atoms with Crippen LogP contribution < -0.4 is 9.80 Å². The van der Waals surface area contributed by atoms with Gasteiger partial charge in [-0.2, -0.15) is 0 Å². The van der Waals surface area contributed by atoms with E-state index < -0.39 is 0 Å². The van der Waals surface area contributed by atoms with E-state index in [-0.39, 0.29) is 5.75 Å². The van der Waals surface area contributed by atoms with Crippen LogP contribution in [0, 0.1) is 0 Å². The van der Waals surface area contributed by atoms with Gasteiger partial charge in [-0.1, -0.05) is 152 Å². The molecule has 10 rings (SSSR count). The standard InChI is InChI=1S/C54H38N4O/c59-53-32-11-9-28-47(53)49-37-43(57(50-30-15-21-39-19-4-6-25-44(39)50)51-31-16-22-40-20-5-7-26-45(40)51)36-48(56-49)41-23-14-24-42(35-41)58(54-33-12-13-34-55-54)52-29-10-8-27-46(52)38-17-2-1-3-18-38/h1-37,59H. The summed E-state index contributed by atoms with van der Waals surface area (Å²) in [4.78, 5) is 14.7. The van der Waals surface area contributed by atoms with E-state index in [1.54, 1.807) is 6.07 Å². The summed E-state index contributed by atoms with van der Waals surface area (Å²) in [5, 5.41) is 15.8. The minimum atomic E-state index is 0.164. The highest BCUT2D eigenvalue weighted by atomic mass is 16.3. The summed E-state index contributed by atoms with van der Waals surface area (Å²) >= 11 is 0. The van der Waals surface area contributed by atoms with Crippen LogP contribution in [0.15, 0.2) is 225 Å². The Kier molecular flexibility index (Phi) is 9.29. The summed E-state index contributed by atoms with van der Waals surface area (Å²) < 4.78 is 0. The van der Waals surface area contributed by atoms with Crippen molar-refractivity contribution in [3.8, 4) is 39.4 Å². The van der Waals surface area contributed by atoms with Gasteiger partial charge in [0.25, 0.3) is 0 Å². The summed E-state index contributed by atoms with van der Waals surface area (Å²) in [5.74, 6) is 0.959. The fraction of sp³-hybridized carbons (Fsp3) is 0. The SMILES string of the molecule is Oc1ccccc1-c1cc(N(c2cccc3ccccc23)c2cccc3ccccc23)cc(-c2cccc(N(c3ccccn3)c3ccccc3-c3ccccc3)c2)n1. The number of para-hydroxylation sites is 2. The molecule has 0 aliphatic carbocycles. The molecule has 0 fully saturated rings. The highest BCUT2D eigenvalue weighted by Gasteiger charge is 2.22. The van der Waals surface area contributed by atoms with Gasteiger partial charge in [-0.15, -0.1) is 0 Å². The molecule has 0 atom stereocenters. The molecule has 0 bridgehead atoms. The summed E-state index contributed by atoms with van der Waals surface area (Å²) in [7, 11) is 0. The first-order chi connectivity index (χ1) is 29.2. The Morgan fingerprint density at radius 1 is 0.373 bits per heavy atom. The first kappa shape index (κ1) is 35.4. The van der Waals surface area contributed by atoms with Crippen LogP contribution in [-0.4, -0.2) is 15.1 Å². The topological polar surface area (TPSA) is 52.5 Å². The molecule has 5 nitrogen and oxygen atoms in total. The molecule has 10 aromatic rings. The Morgan fingerprint density at radius 3 is 1.64 bits per heavy atom. The van der Waals surface area contributed by atoms with Crippen LogP contribution >= 0.6 is 0 Å². The van der Waals surface area contributed by atoms with Crippen molar-refractivity contribution in [2.24, 2.45) is 0 Å². The molecule has 59 heavy (non-hydrogen) atoms. The van der Waals surface area contributed by atoms with Crippen molar-refractivity contribution in [1.29, 1.82) is 0 Å². The lowest BCUT2D eigenvalue weighted by Crippen LogP contribution is -2.13. The fourth-order valence-corrected chi connectivity index (χ4v) is 8.05. The molecule has 0 radical (unpaired) electrons. The zero-order chi connectivity index (χ0) is 39.5. The molecule has 0 amide bonds. The van der Waals surface area contributed by atoms with Crippen molar-refractivity contribution in [1.82, 2.24) is 9.97 Å². The quantitative estimate of drug-likeness (QED) is 0.159. The van der Waals surface area contributed by atoms with Crippen molar-refractivity contribution >= 4 is 55.8 Å². The number of pyridine rings is 2. The highest BCUT2D eigenvalue weighted by Crippen LogP contribution is 2.46. The van der Waals surface area contributed by atoms with Crippen molar-refractivity contribution in [2.75, 3.05) is 9.80 Å². The molecule has 0 aliphatic rings. The molecular formula is C54H38N4O. The van der Waals surface area contributed by atoms with E-state index in [1.165, 1.54) is 0 Å². The average molecular weight is 759 g/mol. The number of hydrogen-bond acceptors (Lipinski definition) is 5. The molecule has 0 spiro atoms. The number of fused-ring (bicyclic) bond motifs is 2. The molecule has 1 N–H and O–H groups in total. The van der Waals surface area contributed by atoms with Gasteiger partial charge in [-0.3, -0.25) is 4.90 Å². The lowest BCUT2D eigenvalue weighted by Gasteiger charge is -2.29. The maximum absolute atomic E-state index is 11.3. The van der Waals surface area contributed by atoms with E-state index in [0.29, 0.717) is 11.3 Å². The number of hydrogen-bond donors (Lipinski definition) is 1. The van der Waals surface area contributed by atoms with Crippen LogP contribution in [0.4, 0.5) is 34.3 Å². The predicted octanol–water partition coefficient (Wildman–Crippen LogP) is 14.4. The second kappa shape index (κ2) is 15.5. The van der Waals surface area contributed by atoms with Gasteiger partial charge in [0.2, 0.25) is 0 Å². The van der Waals surface area contributed by atoms with E-state index in [1.807, 2.05) is 48.7 Å². The van der Waals surface area contributed by atoms with Gasteiger partial charge < -0.3 is 10.0 Å². The van der Waals surface area contributed by atoms with Crippen molar-refractivity contribution in [2.45, 2.75) is 0 Å². The van der Waals surface area contributed by atoms with E-state index in [2.05, 4.69) is 180 Å². The van der Waals surface area contributed by atoms with Gasteiger partial charge in [0, 0.05) is 39.3 Å². The average Bonchev–Trinajstić information content (AvgIpc) is 3.30. The molecule has 0 saturated heterocycles. The summed E-state index contributed by atoms with van der Waals surface area (Å²) in [6.45, 7) is 0. The Labute approximate surface area is 343 Å². The molecule has 5 heteroatoms. The number of aromatic nitrogens is 2. The molecule has 2 aromatic heterocycles. The molecule has 8 aromatic carbocycles. The van der Waals surface area contributed by atoms with Crippen LogP contribution in [0.3, 0.4) is 0 Å². The monoisotopic (exact) mass is 758 g/mol. The van der Waals surface area contributed by atoms with Crippen molar-refractivity contribution in [3.63, 3.8) is 0 Å². The third-order valence-corrected chi connectivity index (χ3v) is 10.8. The second-order valence-corrected chi connectivity index (χ2v) is 14.4. The summed E-state index contributed by atoms with van der Waals surface area (Å²) in [6.07, 6.45) is 1.83. The molecule has 0 aliphatic heterocycles. The van der Waals surface area contributed by atoms with Gasteiger partial charge >= 0.3 is 0 Å². The van der Waals surface area contributed by atoms with Crippen LogP contribution in [0.1, 0.15) is 0 Å². The van der Waals surface area contributed by atoms with Gasteiger partial charge in [0.1, 0.15) is 11.6 Å². The summed E-state index contributed by atoms with van der Waals surface area (Å²) in [5.41, 5.74) is 10.1. The third kappa shape index (κ3) is 6.81. The molecular weight excluding hydrogens is 721 g/mol. The van der Waals surface area contributed by atoms with Gasteiger partial charge in [0.15, 0.2) is 0 Å². The predicted molar refractivity (Wildman–Crippen MR) is 244 cm³/mol. The molecule has 0 saturated carbocycles. The van der Waals surface area contributed by atoms with E-state index in [9.17, 15) is 5.11 Å². The van der Waals surface area contributed by atoms with Crippen LogP contribution in [-0.2, 0) is 0 Å².